The molecule has 0 spiro atoms. The highest BCUT2D eigenvalue weighted by atomic mass is 35.5. The van der Waals surface area contributed by atoms with Crippen molar-refractivity contribution in [1.29, 1.82) is 0 Å². The molecule has 2 rings (SSSR count). The highest BCUT2D eigenvalue weighted by Gasteiger charge is 2.21. The molecule has 0 aliphatic carbocycles. The van der Waals surface area contributed by atoms with Gasteiger partial charge in [0, 0.05) is 36.9 Å². The molecule has 92 valence electrons. The van der Waals surface area contributed by atoms with Crippen LogP contribution in [0.2, 0.25) is 5.02 Å². The molecule has 0 bridgehead atoms. The number of hydrogen-bond acceptors (Lipinski definition) is 3. The summed E-state index contributed by atoms with van der Waals surface area (Å²) in [6.07, 6.45) is -0.254. The Labute approximate surface area is 106 Å². The van der Waals surface area contributed by atoms with Crippen LogP contribution in [0.1, 0.15) is 0 Å². The quantitative estimate of drug-likeness (QED) is 0.771. The molecule has 0 aromatic heterocycles. The summed E-state index contributed by atoms with van der Waals surface area (Å²) < 4.78 is 4.70. The topological polar surface area (TPSA) is 32.8 Å². The molecule has 1 saturated heterocycles. The lowest BCUT2D eigenvalue weighted by Gasteiger charge is -2.35. The molecule has 17 heavy (non-hydrogen) atoms. The van der Waals surface area contributed by atoms with Gasteiger partial charge < -0.3 is 14.5 Å². The Morgan fingerprint density at radius 2 is 2.00 bits per heavy atom. The van der Waals surface area contributed by atoms with Crippen molar-refractivity contribution >= 4 is 23.4 Å². The molecule has 4 nitrogen and oxygen atoms in total. The van der Waals surface area contributed by atoms with Gasteiger partial charge in [-0.2, -0.15) is 0 Å². The molecule has 1 fully saturated rings. The fraction of sp³-hybridized carbons (Fsp3) is 0.417. The number of anilines is 1. The van der Waals surface area contributed by atoms with Gasteiger partial charge in [-0.1, -0.05) is 17.7 Å². The molecule has 0 N–H and O–H groups in total. The first-order chi connectivity index (χ1) is 8.20. The molecule has 1 aliphatic heterocycles. The zero-order valence-electron chi connectivity index (χ0n) is 9.73. The van der Waals surface area contributed by atoms with Gasteiger partial charge in [-0.05, 0) is 18.2 Å². The van der Waals surface area contributed by atoms with Gasteiger partial charge in [0.05, 0.1) is 7.11 Å². The minimum absolute atomic E-state index is 0.254. The van der Waals surface area contributed by atoms with Crippen LogP contribution in [0.3, 0.4) is 0 Å². The Morgan fingerprint density at radius 3 is 2.59 bits per heavy atom. The van der Waals surface area contributed by atoms with Gasteiger partial charge in [-0.25, -0.2) is 4.79 Å². The van der Waals surface area contributed by atoms with Crippen molar-refractivity contribution in [2.24, 2.45) is 0 Å². The summed E-state index contributed by atoms with van der Waals surface area (Å²) in [6.45, 7) is 2.96. The number of hydrogen-bond donors (Lipinski definition) is 0. The first-order valence-electron chi connectivity index (χ1n) is 5.54. The predicted molar refractivity (Wildman–Crippen MR) is 67.6 cm³/mol. The maximum atomic E-state index is 11.3. The predicted octanol–water partition coefficient (Wildman–Crippen LogP) is 2.23. The highest BCUT2D eigenvalue weighted by molar-refractivity contribution is 6.30. The normalized spacial score (nSPS) is 15.9. The minimum Gasteiger partial charge on any atom is -0.453 e. The van der Waals surface area contributed by atoms with Crippen LogP contribution in [-0.2, 0) is 4.74 Å². The molecule has 1 heterocycles. The molecule has 0 saturated carbocycles. The SMILES string of the molecule is COC(=O)N1CCN(c2cccc(Cl)c2)CC1. The summed E-state index contributed by atoms with van der Waals surface area (Å²) in [4.78, 5) is 15.3. The van der Waals surface area contributed by atoms with Crippen molar-refractivity contribution in [2.75, 3.05) is 38.2 Å². The minimum atomic E-state index is -0.254. The van der Waals surface area contributed by atoms with E-state index in [1.807, 2.05) is 24.3 Å². The molecule has 1 amide bonds. The maximum Gasteiger partial charge on any atom is 0.409 e. The van der Waals surface area contributed by atoms with Gasteiger partial charge in [-0.15, -0.1) is 0 Å². The first-order valence-corrected chi connectivity index (χ1v) is 5.92. The van der Waals surface area contributed by atoms with Crippen molar-refractivity contribution in [1.82, 2.24) is 4.90 Å². The largest absolute Gasteiger partial charge is 0.453 e. The van der Waals surface area contributed by atoms with E-state index in [-0.39, 0.29) is 6.09 Å². The van der Waals surface area contributed by atoms with Crippen LogP contribution in [0.25, 0.3) is 0 Å². The van der Waals surface area contributed by atoms with Gasteiger partial charge >= 0.3 is 6.09 Å². The van der Waals surface area contributed by atoms with Crippen molar-refractivity contribution in [3.8, 4) is 0 Å². The van der Waals surface area contributed by atoms with Crippen molar-refractivity contribution in [2.45, 2.75) is 0 Å². The number of ether oxygens (including phenoxy) is 1. The third-order valence-corrected chi connectivity index (χ3v) is 3.12. The zero-order valence-corrected chi connectivity index (χ0v) is 10.5. The number of carbonyl (C=O) groups excluding carboxylic acids is 1. The highest BCUT2D eigenvalue weighted by Crippen LogP contribution is 2.20. The summed E-state index contributed by atoms with van der Waals surface area (Å²) in [6, 6.07) is 7.76. The van der Waals surface area contributed by atoms with E-state index < -0.39 is 0 Å². The summed E-state index contributed by atoms with van der Waals surface area (Å²) in [5.41, 5.74) is 1.10. The van der Waals surface area contributed by atoms with Crippen molar-refractivity contribution < 1.29 is 9.53 Å². The van der Waals surface area contributed by atoms with Gasteiger partial charge in [0.1, 0.15) is 0 Å². The van der Waals surface area contributed by atoms with Crippen LogP contribution in [0, 0.1) is 0 Å². The van der Waals surface area contributed by atoms with Crippen LogP contribution >= 0.6 is 11.6 Å². The number of carbonyl (C=O) groups is 1. The molecular formula is C12H15ClN2O2. The fourth-order valence-electron chi connectivity index (χ4n) is 1.95. The van der Waals surface area contributed by atoms with E-state index in [9.17, 15) is 4.79 Å². The number of amides is 1. The van der Waals surface area contributed by atoms with Gasteiger partial charge in [0.25, 0.3) is 0 Å². The summed E-state index contributed by atoms with van der Waals surface area (Å²) in [5.74, 6) is 0. The third kappa shape index (κ3) is 2.82. The van der Waals surface area contributed by atoms with Gasteiger partial charge in [0.15, 0.2) is 0 Å². The fourth-order valence-corrected chi connectivity index (χ4v) is 2.13. The molecule has 0 radical (unpaired) electrons. The lowest BCUT2D eigenvalue weighted by molar-refractivity contribution is 0.121. The van der Waals surface area contributed by atoms with E-state index in [1.165, 1.54) is 7.11 Å². The van der Waals surface area contributed by atoms with Crippen LogP contribution in [0.4, 0.5) is 10.5 Å². The zero-order chi connectivity index (χ0) is 12.3. The summed E-state index contributed by atoms with van der Waals surface area (Å²) in [5, 5.41) is 0.734. The summed E-state index contributed by atoms with van der Waals surface area (Å²) >= 11 is 5.95. The van der Waals surface area contributed by atoms with Crippen LogP contribution in [-0.4, -0.2) is 44.3 Å². The molecule has 0 unspecified atom stereocenters. The monoisotopic (exact) mass is 254 g/mol. The number of benzene rings is 1. The molecule has 0 atom stereocenters. The van der Waals surface area contributed by atoms with Crippen molar-refractivity contribution in [3.63, 3.8) is 0 Å². The lowest BCUT2D eigenvalue weighted by Crippen LogP contribution is -2.48. The molecule has 1 aliphatic rings. The Morgan fingerprint density at radius 1 is 1.29 bits per heavy atom. The van der Waals surface area contributed by atoms with E-state index in [1.54, 1.807) is 4.90 Å². The first kappa shape index (κ1) is 12.0. The number of nitrogens with zero attached hydrogens (tertiary/aromatic N) is 2. The van der Waals surface area contributed by atoms with E-state index in [0.717, 1.165) is 23.8 Å². The van der Waals surface area contributed by atoms with E-state index in [4.69, 9.17) is 16.3 Å². The maximum absolute atomic E-state index is 11.3. The van der Waals surface area contributed by atoms with Crippen LogP contribution in [0.5, 0.6) is 0 Å². The number of methoxy groups -OCH3 is 1. The van der Waals surface area contributed by atoms with E-state index in [2.05, 4.69) is 4.90 Å². The number of halogens is 1. The lowest BCUT2D eigenvalue weighted by atomic mass is 10.2. The van der Waals surface area contributed by atoms with Crippen LogP contribution in [0.15, 0.2) is 24.3 Å². The molecule has 1 aromatic rings. The average molecular weight is 255 g/mol. The Balaban J connectivity index is 1.97. The molecular weight excluding hydrogens is 240 g/mol. The van der Waals surface area contributed by atoms with E-state index >= 15 is 0 Å². The van der Waals surface area contributed by atoms with E-state index in [0.29, 0.717) is 13.1 Å². The third-order valence-electron chi connectivity index (χ3n) is 2.89. The van der Waals surface area contributed by atoms with Gasteiger partial charge in [-0.3, -0.25) is 0 Å². The Hall–Kier alpha value is -1.42. The smallest absolute Gasteiger partial charge is 0.409 e. The molecule has 5 heteroatoms. The Bertz CT molecular complexity index is 403. The molecule has 1 aromatic carbocycles. The second kappa shape index (κ2) is 5.27. The standard InChI is InChI=1S/C12H15ClN2O2/c1-17-12(16)15-7-5-14(6-8-15)11-4-2-3-10(13)9-11/h2-4,9H,5-8H2,1H3. The van der Waals surface area contributed by atoms with Crippen LogP contribution < -0.4 is 4.90 Å². The number of rotatable bonds is 1. The summed E-state index contributed by atoms with van der Waals surface area (Å²) in [7, 11) is 1.41. The average Bonchev–Trinajstić information content (AvgIpc) is 2.38. The Kier molecular flexibility index (Phi) is 3.74. The van der Waals surface area contributed by atoms with Crippen molar-refractivity contribution in [3.05, 3.63) is 29.3 Å². The van der Waals surface area contributed by atoms with Gasteiger partial charge in [0.2, 0.25) is 0 Å². The number of piperazine rings is 1. The second-order valence-electron chi connectivity index (χ2n) is 3.92. The second-order valence-corrected chi connectivity index (χ2v) is 4.36.